The van der Waals surface area contributed by atoms with Crippen molar-refractivity contribution < 1.29 is 0 Å². The third-order valence-electron chi connectivity index (χ3n) is 0.968. The molecule has 0 aliphatic heterocycles. The maximum absolute atomic E-state index is 3.23. The Morgan fingerprint density at radius 3 is 2.25 bits per heavy atom. The van der Waals surface area contributed by atoms with Gasteiger partial charge in [-0.3, -0.25) is 0 Å². The first kappa shape index (κ1) is 5.08. The summed E-state index contributed by atoms with van der Waals surface area (Å²) in [4.78, 5) is 6.46. The van der Waals surface area contributed by atoms with Crippen LogP contribution in [0.15, 0.2) is 12.1 Å². The van der Waals surface area contributed by atoms with E-state index in [4.69, 9.17) is 0 Å². The van der Waals surface area contributed by atoms with E-state index in [1.807, 2.05) is 0 Å². The van der Waals surface area contributed by atoms with Crippen LogP contribution in [0.4, 0.5) is 0 Å². The predicted molar refractivity (Wildman–Crippen MR) is 35.5 cm³/mol. The van der Waals surface area contributed by atoms with E-state index in [9.17, 15) is 0 Å². The van der Waals surface area contributed by atoms with Crippen LogP contribution in [0.2, 0.25) is 0 Å². The molecule has 2 aromatic rings. The van der Waals surface area contributed by atoms with Gasteiger partial charge in [-0.1, -0.05) is 0 Å². The molecule has 0 nitrogen and oxygen atoms in total. The van der Waals surface area contributed by atoms with E-state index in [0.717, 1.165) is 0 Å². The van der Waals surface area contributed by atoms with Crippen LogP contribution < -0.4 is 0 Å². The second-order valence-corrected chi connectivity index (χ2v) is 6.34. The molecule has 38 valence electrons. The number of fused-ring (bicyclic) bond motifs is 1. The molecule has 0 fully saturated rings. The number of rotatable bonds is 0. The standard InChI is InChI=1S/C6H2Se2/c1-3-7-6-5(1)2-4-8-6/h1-2H. The van der Waals surface area contributed by atoms with E-state index >= 15 is 0 Å². The van der Waals surface area contributed by atoms with E-state index in [2.05, 4.69) is 22.0 Å². The molecule has 0 aliphatic rings. The Kier molecular flexibility index (Phi) is 1.20. The molecule has 0 aromatic carbocycles. The Labute approximate surface area is 59.6 Å². The van der Waals surface area contributed by atoms with Gasteiger partial charge in [0.2, 0.25) is 0 Å². The molecule has 2 heteroatoms. The van der Waals surface area contributed by atoms with Gasteiger partial charge < -0.3 is 0 Å². The van der Waals surface area contributed by atoms with E-state index in [1.54, 1.807) is 3.13 Å². The summed E-state index contributed by atoms with van der Waals surface area (Å²) in [6.07, 6.45) is 0. The molecule has 0 bridgehead atoms. The van der Waals surface area contributed by atoms with Crippen molar-refractivity contribution in [3.63, 3.8) is 0 Å². The normalized spacial score (nSPS) is 10.5. The van der Waals surface area contributed by atoms with Crippen LogP contribution in [-0.2, 0) is 0 Å². The SMILES string of the molecule is [c]1cc2c[c][se]c2[se]1. The summed E-state index contributed by atoms with van der Waals surface area (Å²) in [7, 11) is 0. The third-order valence-corrected chi connectivity index (χ3v) is 5.54. The molecular formula is C6H2Se2. The van der Waals surface area contributed by atoms with Gasteiger partial charge in [-0.15, -0.1) is 0 Å². The Morgan fingerprint density at radius 2 is 1.75 bits per heavy atom. The topological polar surface area (TPSA) is 0 Å². The van der Waals surface area contributed by atoms with Crippen molar-refractivity contribution in [2.24, 2.45) is 0 Å². The van der Waals surface area contributed by atoms with Gasteiger partial charge in [0.15, 0.2) is 0 Å². The van der Waals surface area contributed by atoms with Crippen molar-refractivity contribution in [2.45, 2.75) is 0 Å². The molecule has 0 atom stereocenters. The molecule has 2 rings (SSSR count). The summed E-state index contributed by atoms with van der Waals surface area (Å²) in [5, 5.41) is 1.41. The molecule has 0 aliphatic carbocycles. The number of hydrogen-bond acceptors (Lipinski definition) is 0. The first-order chi connectivity index (χ1) is 3.97. The summed E-state index contributed by atoms with van der Waals surface area (Å²) >= 11 is 1.16. The van der Waals surface area contributed by atoms with Crippen molar-refractivity contribution in [1.82, 2.24) is 0 Å². The monoisotopic (exact) mass is 234 g/mol. The van der Waals surface area contributed by atoms with Crippen LogP contribution in [0.1, 0.15) is 0 Å². The first-order valence-electron chi connectivity index (χ1n) is 2.22. The van der Waals surface area contributed by atoms with Gasteiger partial charge in [-0.25, -0.2) is 0 Å². The summed E-state index contributed by atoms with van der Waals surface area (Å²) in [6.45, 7) is 0. The first-order valence-corrected chi connectivity index (χ1v) is 5.65. The fourth-order valence-electron chi connectivity index (χ4n) is 0.591. The van der Waals surface area contributed by atoms with Gasteiger partial charge in [0.05, 0.1) is 0 Å². The number of hydrogen-bond donors (Lipinski definition) is 0. The zero-order valence-electron chi connectivity index (χ0n) is 3.97. The van der Waals surface area contributed by atoms with Crippen molar-refractivity contribution in [2.75, 3.05) is 0 Å². The molecule has 0 unspecified atom stereocenters. The van der Waals surface area contributed by atoms with Gasteiger partial charge >= 0.3 is 59.5 Å². The van der Waals surface area contributed by atoms with Gasteiger partial charge in [-0.05, 0) is 0 Å². The molecule has 2 aromatic heterocycles. The Morgan fingerprint density at radius 1 is 1.12 bits per heavy atom. The zero-order chi connectivity index (χ0) is 5.40. The molecule has 0 saturated heterocycles. The van der Waals surface area contributed by atoms with Gasteiger partial charge in [0.25, 0.3) is 0 Å². The molecule has 0 N–H and O–H groups in total. The minimum atomic E-state index is 0.579. The van der Waals surface area contributed by atoms with Crippen LogP contribution in [0.25, 0.3) is 8.52 Å². The average molecular weight is 232 g/mol. The zero-order valence-corrected chi connectivity index (χ0v) is 7.40. The Balaban J connectivity index is 3.06. The van der Waals surface area contributed by atoms with Crippen molar-refractivity contribution in [3.8, 4) is 0 Å². The quantitative estimate of drug-likeness (QED) is 0.582. The maximum atomic E-state index is 3.23. The summed E-state index contributed by atoms with van der Waals surface area (Å²) in [5.74, 6) is 0. The van der Waals surface area contributed by atoms with Crippen LogP contribution in [0, 0.1) is 9.88 Å². The molecule has 0 spiro atoms. The van der Waals surface area contributed by atoms with Crippen molar-refractivity contribution in [3.05, 3.63) is 22.0 Å². The summed E-state index contributed by atoms with van der Waals surface area (Å²) in [5.41, 5.74) is 0. The summed E-state index contributed by atoms with van der Waals surface area (Å²) in [6, 6.07) is 4.19. The van der Waals surface area contributed by atoms with Gasteiger partial charge in [0.1, 0.15) is 0 Å². The molecule has 0 amide bonds. The third kappa shape index (κ3) is 0.655. The van der Waals surface area contributed by atoms with Crippen LogP contribution in [0.3, 0.4) is 0 Å². The molecular weight excluding hydrogens is 230 g/mol. The minimum absolute atomic E-state index is 0.579. The van der Waals surface area contributed by atoms with Crippen molar-refractivity contribution >= 4 is 37.5 Å². The molecule has 2 radical (unpaired) electrons. The second kappa shape index (κ2) is 1.89. The van der Waals surface area contributed by atoms with E-state index in [-0.39, 0.29) is 0 Å². The average Bonchev–Trinajstić information content (AvgIpc) is 2.15. The van der Waals surface area contributed by atoms with Gasteiger partial charge in [-0.2, -0.15) is 0 Å². The van der Waals surface area contributed by atoms with Crippen LogP contribution >= 0.6 is 0 Å². The van der Waals surface area contributed by atoms with Gasteiger partial charge in [0, 0.05) is 0 Å². The van der Waals surface area contributed by atoms with Crippen molar-refractivity contribution in [1.29, 1.82) is 0 Å². The predicted octanol–water partition coefficient (Wildman–Crippen LogP) is 0.554. The summed E-state index contributed by atoms with van der Waals surface area (Å²) < 4.78 is 1.62. The Bertz CT molecular complexity index is 228. The van der Waals surface area contributed by atoms with E-state index in [1.165, 1.54) is 5.39 Å². The van der Waals surface area contributed by atoms with E-state index < -0.39 is 0 Å². The fraction of sp³-hybridized carbons (Fsp3) is 0. The second-order valence-electron chi connectivity index (χ2n) is 1.47. The fourth-order valence-corrected chi connectivity index (χ4v) is 4.40. The van der Waals surface area contributed by atoms with Crippen LogP contribution in [-0.4, -0.2) is 29.0 Å². The van der Waals surface area contributed by atoms with E-state index in [0.29, 0.717) is 29.0 Å². The van der Waals surface area contributed by atoms with Crippen LogP contribution in [0.5, 0.6) is 0 Å². The molecule has 2 heterocycles. The Hall–Kier alpha value is 0.259. The molecule has 0 saturated carbocycles. The molecule has 8 heavy (non-hydrogen) atoms.